The van der Waals surface area contributed by atoms with E-state index in [9.17, 15) is 0 Å². The van der Waals surface area contributed by atoms with Crippen molar-refractivity contribution in [3.8, 4) is 22.8 Å². The normalized spacial score (nSPS) is 11.9. The Balaban J connectivity index is 1.23. The van der Waals surface area contributed by atoms with E-state index in [2.05, 4.69) is 81.7 Å². The van der Waals surface area contributed by atoms with Crippen molar-refractivity contribution in [3.05, 3.63) is 127 Å². The highest BCUT2D eigenvalue weighted by molar-refractivity contribution is 6.13. The molecule has 0 saturated carbocycles. The van der Waals surface area contributed by atoms with Gasteiger partial charge in [-0.1, -0.05) is 48.5 Å². The van der Waals surface area contributed by atoms with Gasteiger partial charge in [0.1, 0.15) is 22.8 Å². The predicted molar refractivity (Wildman–Crippen MR) is 168 cm³/mol. The number of hydrogen-bond acceptors (Lipinski definition) is 4. The highest BCUT2D eigenvalue weighted by Crippen LogP contribution is 2.37. The summed E-state index contributed by atoms with van der Waals surface area (Å²) in [7, 11) is 0. The Hall–Kier alpha value is -5.75. The van der Waals surface area contributed by atoms with Crippen LogP contribution in [0.3, 0.4) is 0 Å². The number of para-hydroxylation sites is 1. The van der Waals surface area contributed by atoms with Crippen molar-refractivity contribution in [2.45, 2.75) is 6.92 Å². The Bertz CT molecular complexity index is 2510. The minimum absolute atomic E-state index is 0.736. The molecule has 0 N–H and O–H groups in total. The summed E-state index contributed by atoms with van der Waals surface area (Å²) < 4.78 is 10.9. The quantitative estimate of drug-likeness (QED) is 0.210. The zero-order valence-electron chi connectivity index (χ0n) is 22.7. The van der Waals surface area contributed by atoms with Gasteiger partial charge < -0.3 is 4.74 Å². The summed E-state index contributed by atoms with van der Waals surface area (Å²) in [6, 6.07) is 35.3. The zero-order chi connectivity index (χ0) is 27.8. The van der Waals surface area contributed by atoms with Crippen LogP contribution < -0.4 is 4.74 Å². The minimum Gasteiger partial charge on any atom is -0.457 e. The van der Waals surface area contributed by atoms with Crippen molar-refractivity contribution >= 4 is 54.8 Å². The zero-order valence-corrected chi connectivity index (χ0v) is 22.7. The van der Waals surface area contributed by atoms with Crippen LogP contribution in [0, 0.1) is 6.92 Å². The van der Waals surface area contributed by atoms with Crippen molar-refractivity contribution in [2.75, 3.05) is 0 Å². The smallest absolute Gasteiger partial charge is 0.145 e. The van der Waals surface area contributed by atoms with E-state index in [0.717, 1.165) is 77.8 Å². The van der Waals surface area contributed by atoms with Gasteiger partial charge >= 0.3 is 0 Å². The van der Waals surface area contributed by atoms with E-state index in [1.807, 2.05) is 55.7 Å². The second-order valence-corrected chi connectivity index (χ2v) is 10.6. The van der Waals surface area contributed by atoms with Gasteiger partial charge in [-0.25, -0.2) is 9.97 Å². The lowest BCUT2D eigenvalue weighted by Crippen LogP contribution is -1.95. The Morgan fingerprint density at radius 2 is 1.36 bits per heavy atom. The highest BCUT2D eigenvalue weighted by Gasteiger charge is 2.16. The third-order valence-electron chi connectivity index (χ3n) is 8.09. The van der Waals surface area contributed by atoms with Crippen LogP contribution in [0.4, 0.5) is 0 Å². The van der Waals surface area contributed by atoms with Gasteiger partial charge in [-0.3, -0.25) is 13.8 Å². The Morgan fingerprint density at radius 3 is 2.21 bits per heavy atom. The lowest BCUT2D eigenvalue weighted by atomic mass is 10.1. The third kappa shape index (κ3) is 3.29. The van der Waals surface area contributed by atoms with E-state index in [4.69, 9.17) is 19.7 Å². The molecule has 198 valence electrons. The van der Waals surface area contributed by atoms with Gasteiger partial charge in [0.25, 0.3) is 0 Å². The van der Waals surface area contributed by atoms with Crippen LogP contribution in [0.5, 0.6) is 11.5 Å². The average molecular weight is 542 g/mol. The first-order valence-corrected chi connectivity index (χ1v) is 13.9. The molecule has 0 atom stereocenters. The van der Waals surface area contributed by atoms with Crippen LogP contribution in [0.1, 0.15) is 5.69 Å². The first-order chi connectivity index (χ1) is 20.7. The van der Waals surface area contributed by atoms with Gasteiger partial charge in [0, 0.05) is 39.5 Å². The van der Waals surface area contributed by atoms with E-state index in [-0.39, 0.29) is 0 Å². The fourth-order valence-corrected chi connectivity index (χ4v) is 6.29. The Labute approximate surface area is 240 Å². The van der Waals surface area contributed by atoms with Crippen LogP contribution >= 0.6 is 0 Å². The molecule has 9 aromatic rings. The largest absolute Gasteiger partial charge is 0.457 e. The third-order valence-corrected chi connectivity index (χ3v) is 8.09. The maximum Gasteiger partial charge on any atom is 0.145 e. The SMILES string of the molecule is Cc1cn2c3ccccc3c3ccc(Oc4ccc5c(c4)c4ncc(-c6ccccc6)n4c4cccnc54)cc3c2n1. The number of fused-ring (bicyclic) bond motifs is 12. The number of ether oxygens (including phenoxy) is 1. The Kier molecular flexibility index (Phi) is 4.72. The van der Waals surface area contributed by atoms with Crippen LogP contribution in [0.25, 0.3) is 66.0 Å². The van der Waals surface area contributed by atoms with E-state index in [1.165, 1.54) is 5.39 Å². The van der Waals surface area contributed by atoms with Crippen molar-refractivity contribution in [1.29, 1.82) is 0 Å². The summed E-state index contributed by atoms with van der Waals surface area (Å²) in [4.78, 5) is 14.5. The molecular weight excluding hydrogens is 518 g/mol. The number of rotatable bonds is 3. The second kappa shape index (κ2) is 8.62. The molecule has 6 nitrogen and oxygen atoms in total. The lowest BCUT2D eigenvalue weighted by Gasteiger charge is -2.13. The second-order valence-electron chi connectivity index (χ2n) is 10.6. The molecule has 5 aromatic heterocycles. The van der Waals surface area contributed by atoms with E-state index in [0.29, 0.717) is 0 Å². The van der Waals surface area contributed by atoms with Crippen molar-refractivity contribution < 1.29 is 4.74 Å². The Morgan fingerprint density at radius 1 is 0.619 bits per heavy atom. The standard InChI is InChI=1S/C36H23N5O/c1-22-21-40-31-11-6-5-10-27(31)26-15-13-24(18-29(26)36(40)39-22)42-25-14-16-28-30(19-25)35-38-20-33(23-8-3-2-4-9-23)41(35)32-12-7-17-37-34(28)32/h2-21H,1H3. The number of hydrogen-bond donors (Lipinski definition) is 0. The fourth-order valence-electron chi connectivity index (χ4n) is 6.29. The van der Waals surface area contributed by atoms with Crippen molar-refractivity contribution in [2.24, 2.45) is 0 Å². The molecule has 0 aliphatic heterocycles. The topological polar surface area (TPSA) is 56.7 Å². The number of imidazole rings is 2. The molecular formula is C36H23N5O. The first-order valence-electron chi connectivity index (χ1n) is 13.9. The molecule has 0 amide bonds. The summed E-state index contributed by atoms with van der Waals surface area (Å²) in [6.07, 6.45) is 5.87. The number of pyridine rings is 3. The number of benzene rings is 4. The van der Waals surface area contributed by atoms with Gasteiger partial charge in [-0.2, -0.15) is 0 Å². The molecule has 4 aromatic carbocycles. The van der Waals surface area contributed by atoms with Crippen LogP contribution in [0.2, 0.25) is 0 Å². The van der Waals surface area contributed by atoms with Gasteiger partial charge in [-0.15, -0.1) is 0 Å². The molecule has 0 aliphatic rings. The minimum atomic E-state index is 0.736. The summed E-state index contributed by atoms with van der Waals surface area (Å²) in [5.74, 6) is 1.49. The molecule has 5 heterocycles. The van der Waals surface area contributed by atoms with E-state index >= 15 is 0 Å². The summed E-state index contributed by atoms with van der Waals surface area (Å²) in [5.41, 5.74) is 7.99. The summed E-state index contributed by atoms with van der Waals surface area (Å²) in [5, 5.41) is 5.41. The van der Waals surface area contributed by atoms with Gasteiger partial charge in [0.2, 0.25) is 0 Å². The maximum absolute atomic E-state index is 6.52. The molecule has 6 heteroatoms. The molecule has 0 saturated heterocycles. The number of aryl methyl sites for hydroxylation is 1. The summed E-state index contributed by atoms with van der Waals surface area (Å²) >= 11 is 0. The first kappa shape index (κ1) is 23.0. The lowest BCUT2D eigenvalue weighted by molar-refractivity contribution is 0.484. The van der Waals surface area contributed by atoms with Gasteiger partial charge in [0.15, 0.2) is 0 Å². The van der Waals surface area contributed by atoms with Crippen molar-refractivity contribution in [1.82, 2.24) is 23.8 Å². The predicted octanol–water partition coefficient (Wildman–Crippen LogP) is 8.76. The molecule has 42 heavy (non-hydrogen) atoms. The molecule has 0 unspecified atom stereocenters. The molecule has 0 spiro atoms. The van der Waals surface area contributed by atoms with Gasteiger partial charge in [0.05, 0.1) is 34.1 Å². The fraction of sp³-hybridized carbons (Fsp3) is 0.0278. The molecule has 0 radical (unpaired) electrons. The number of nitrogens with zero attached hydrogens (tertiary/aromatic N) is 5. The molecule has 0 fully saturated rings. The highest BCUT2D eigenvalue weighted by atomic mass is 16.5. The molecule has 0 bridgehead atoms. The average Bonchev–Trinajstić information content (AvgIpc) is 3.66. The monoisotopic (exact) mass is 541 g/mol. The summed E-state index contributed by atoms with van der Waals surface area (Å²) in [6.45, 7) is 2.03. The van der Waals surface area contributed by atoms with Crippen LogP contribution in [-0.4, -0.2) is 23.8 Å². The van der Waals surface area contributed by atoms with Crippen molar-refractivity contribution in [3.63, 3.8) is 0 Å². The molecule has 9 rings (SSSR count). The van der Waals surface area contributed by atoms with Crippen LogP contribution in [0.15, 0.2) is 122 Å². The number of aromatic nitrogens is 5. The maximum atomic E-state index is 6.52. The van der Waals surface area contributed by atoms with Crippen LogP contribution in [-0.2, 0) is 0 Å². The van der Waals surface area contributed by atoms with E-state index in [1.54, 1.807) is 0 Å². The molecule has 0 aliphatic carbocycles. The van der Waals surface area contributed by atoms with E-state index < -0.39 is 0 Å². The van der Waals surface area contributed by atoms with Gasteiger partial charge in [-0.05, 0) is 66.9 Å².